The molecule has 9 heteroatoms. The summed E-state index contributed by atoms with van der Waals surface area (Å²) in [7, 11) is 0. The number of halogens is 3. The van der Waals surface area contributed by atoms with Gasteiger partial charge < -0.3 is 4.98 Å². The maximum Gasteiger partial charge on any atom is 0.449 e. The maximum absolute atomic E-state index is 12.8. The fraction of sp³-hybridized carbons (Fsp3) is 0.278. The first kappa shape index (κ1) is 17.9. The highest BCUT2D eigenvalue weighted by Gasteiger charge is 2.36. The second kappa shape index (κ2) is 6.90. The summed E-state index contributed by atoms with van der Waals surface area (Å²) < 4.78 is 38.5. The van der Waals surface area contributed by atoms with Crippen LogP contribution in [-0.2, 0) is 25.7 Å². The van der Waals surface area contributed by atoms with Gasteiger partial charge in [0.05, 0.1) is 17.0 Å². The highest BCUT2D eigenvalue weighted by Crippen LogP contribution is 2.28. The minimum atomic E-state index is -4.66. The Hall–Kier alpha value is -2.52. The minimum absolute atomic E-state index is 0.228. The molecule has 4 heterocycles. The standard InChI is InChI=1S/C18H15F3N4OS/c19-18(20,21)17-23-14-3-6-25(9-13(14)16(26)24-17)8-11-2-1-5-22-15(11)12-4-7-27-10-12/h1-2,4-5,7,10H,3,6,8-9H2,(H,23,24,26). The number of hydrogen-bond donors (Lipinski definition) is 1. The van der Waals surface area contributed by atoms with E-state index in [0.29, 0.717) is 25.1 Å². The molecule has 0 saturated carbocycles. The van der Waals surface area contributed by atoms with Crippen molar-refractivity contribution in [2.24, 2.45) is 0 Å². The lowest BCUT2D eigenvalue weighted by Gasteiger charge is -2.28. The molecule has 5 nitrogen and oxygen atoms in total. The van der Waals surface area contributed by atoms with E-state index < -0.39 is 17.6 Å². The van der Waals surface area contributed by atoms with Gasteiger partial charge in [-0.1, -0.05) is 6.07 Å². The summed E-state index contributed by atoms with van der Waals surface area (Å²) in [5.74, 6) is -1.23. The van der Waals surface area contributed by atoms with E-state index in [1.807, 2.05) is 38.8 Å². The Bertz CT molecular complexity index is 1010. The monoisotopic (exact) mass is 392 g/mol. The van der Waals surface area contributed by atoms with Gasteiger partial charge >= 0.3 is 6.18 Å². The van der Waals surface area contributed by atoms with E-state index in [4.69, 9.17) is 0 Å². The Morgan fingerprint density at radius 3 is 2.89 bits per heavy atom. The van der Waals surface area contributed by atoms with Crippen LogP contribution < -0.4 is 5.56 Å². The SMILES string of the molecule is O=c1[nH]c(C(F)(F)F)nc2c1CN(Cc1cccnc1-c1ccsc1)CC2. The molecule has 1 aliphatic heterocycles. The first-order chi connectivity index (χ1) is 12.9. The number of pyridine rings is 1. The van der Waals surface area contributed by atoms with E-state index in [1.54, 1.807) is 17.5 Å². The van der Waals surface area contributed by atoms with E-state index in [9.17, 15) is 18.0 Å². The fourth-order valence-corrected chi connectivity index (χ4v) is 3.86. The molecule has 0 spiro atoms. The molecule has 0 fully saturated rings. The third-order valence-electron chi connectivity index (χ3n) is 4.50. The van der Waals surface area contributed by atoms with E-state index in [1.165, 1.54) is 0 Å². The van der Waals surface area contributed by atoms with Crippen LogP contribution in [0.2, 0.25) is 0 Å². The number of nitrogens with one attached hydrogen (secondary N) is 1. The van der Waals surface area contributed by atoms with Gasteiger partial charge in [0, 0.05) is 43.2 Å². The molecule has 1 aliphatic rings. The zero-order valence-electron chi connectivity index (χ0n) is 14.1. The number of H-pyrrole nitrogens is 1. The van der Waals surface area contributed by atoms with Gasteiger partial charge in [0.15, 0.2) is 0 Å². The van der Waals surface area contributed by atoms with Crippen LogP contribution in [0, 0.1) is 0 Å². The van der Waals surface area contributed by atoms with Crippen LogP contribution in [-0.4, -0.2) is 26.4 Å². The van der Waals surface area contributed by atoms with Crippen molar-refractivity contribution in [2.45, 2.75) is 25.7 Å². The van der Waals surface area contributed by atoms with Gasteiger partial charge in [-0.25, -0.2) is 4.98 Å². The highest BCUT2D eigenvalue weighted by molar-refractivity contribution is 7.08. The quantitative estimate of drug-likeness (QED) is 0.742. The van der Waals surface area contributed by atoms with Gasteiger partial charge in [-0.3, -0.25) is 14.7 Å². The van der Waals surface area contributed by atoms with Crippen molar-refractivity contribution in [1.82, 2.24) is 19.9 Å². The van der Waals surface area contributed by atoms with E-state index in [0.717, 1.165) is 16.8 Å². The molecule has 0 amide bonds. The van der Waals surface area contributed by atoms with Gasteiger partial charge in [0.2, 0.25) is 5.82 Å². The number of aromatic amines is 1. The van der Waals surface area contributed by atoms with Crippen molar-refractivity contribution >= 4 is 11.3 Å². The number of thiophene rings is 1. The molecular formula is C18H15F3N4OS. The molecule has 1 N–H and O–H groups in total. The smallest absolute Gasteiger partial charge is 0.303 e. The van der Waals surface area contributed by atoms with Crippen LogP contribution in [0.4, 0.5) is 13.2 Å². The third-order valence-corrected chi connectivity index (χ3v) is 5.18. The van der Waals surface area contributed by atoms with Gasteiger partial charge in [0.1, 0.15) is 0 Å². The van der Waals surface area contributed by atoms with Crippen LogP contribution in [0.1, 0.15) is 22.6 Å². The second-order valence-corrected chi connectivity index (χ2v) is 7.10. The van der Waals surface area contributed by atoms with Crippen LogP contribution >= 0.6 is 11.3 Å². The Morgan fingerprint density at radius 1 is 1.30 bits per heavy atom. The molecule has 0 aromatic carbocycles. The number of rotatable bonds is 3. The van der Waals surface area contributed by atoms with E-state index >= 15 is 0 Å². The first-order valence-corrected chi connectivity index (χ1v) is 9.24. The summed E-state index contributed by atoms with van der Waals surface area (Å²) in [5.41, 5.74) is 2.73. The molecule has 0 atom stereocenters. The molecule has 4 rings (SSSR count). The molecule has 0 unspecified atom stereocenters. The van der Waals surface area contributed by atoms with Gasteiger partial charge in [-0.15, -0.1) is 0 Å². The third kappa shape index (κ3) is 3.65. The summed E-state index contributed by atoms with van der Waals surface area (Å²) >= 11 is 1.59. The predicted molar refractivity (Wildman–Crippen MR) is 95.2 cm³/mol. The average molecular weight is 392 g/mol. The normalized spacial score (nSPS) is 14.9. The molecule has 0 saturated heterocycles. The lowest BCUT2D eigenvalue weighted by atomic mass is 10.0. The van der Waals surface area contributed by atoms with Gasteiger partial charge in [-0.2, -0.15) is 24.5 Å². The Morgan fingerprint density at radius 2 is 2.15 bits per heavy atom. The number of fused-ring (bicyclic) bond motifs is 1. The van der Waals surface area contributed by atoms with Crippen LogP contribution in [0.5, 0.6) is 0 Å². The molecule has 0 radical (unpaired) electrons. The summed E-state index contributed by atoms with van der Waals surface area (Å²) in [4.78, 5) is 24.1. The van der Waals surface area contributed by atoms with Crippen molar-refractivity contribution in [3.8, 4) is 11.3 Å². The highest BCUT2D eigenvalue weighted by atomic mass is 32.1. The number of nitrogens with zero attached hydrogens (tertiary/aromatic N) is 3. The number of alkyl halides is 3. The van der Waals surface area contributed by atoms with Crippen molar-refractivity contribution in [1.29, 1.82) is 0 Å². The second-order valence-electron chi connectivity index (χ2n) is 6.32. The molecule has 3 aromatic heterocycles. The molecule has 140 valence electrons. The number of aromatic nitrogens is 3. The lowest BCUT2D eigenvalue weighted by molar-refractivity contribution is -0.145. The number of hydrogen-bond acceptors (Lipinski definition) is 5. The zero-order valence-corrected chi connectivity index (χ0v) is 14.9. The van der Waals surface area contributed by atoms with Gasteiger partial charge in [-0.05, 0) is 23.1 Å². The minimum Gasteiger partial charge on any atom is -0.303 e. The first-order valence-electron chi connectivity index (χ1n) is 8.30. The van der Waals surface area contributed by atoms with Crippen molar-refractivity contribution in [2.75, 3.05) is 6.54 Å². The molecule has 0 aliphatic carbocycles. The van der Waals surface area contributed by atoms with E-state index in [-0.39, 0.29) is 12.2 Å². The van der Waals surface area contributed by atoms with Crippen LogP contribution in [0.15, 0.2) is 40.0 Å². The molecule has 27 heavy (non-hydrogen) atoms. The summed E-state index contributed by atoms with van der Waals surface area (Å²) in [5, 5.41) is 4.00. The fourth-order valence-electron chi connectivity index (χ4n) is 3.22. The van der Waals surface area contributed by atoms with Crippen molar-refractivity contribution < 1.29 is 13.2 Å². The van der Waals surface area contributed by atoms with Crippen LogP contribution in [0.25, 0.3) is 11.3 Å². The summed E-state index contributed by atoms with van der Waals surface area (Å²) in [6, 6.07) is 5.83. The molecule has 0 bridgehead atoms. The van der Waals surface area contributed by atoms with Crippen LogP contribution in [0.3, 0.4) is 0 Å². The van der Waals surface area contributed by atoms with Crippen molar-refractivity contribution in [3.63, 3.8) is 0 Å². The van der Waals surface area contributed by atoms with Crippen molar-refractivity contribution in [3.05, 3.63) is 68.2 Å². The predicted octanol–water partition coefficient (Wildman–Crippen LogP) is 3.47. The molecular weight excluding hydrogens is 377 g/mol. The average Bonchev–Trinajstić information content (AvgIpc) is 3.16. The zero-order chi connectivity index (χ0) is 19.0. The summed E-state index contributed by atoms with van der Waals surface area (Å²) in [6.45, 7) is 1.34. The Labute approximate surface area is 156 Å². The largest absolute Gasteiger partial charge is 0.449 e. The summed E-state index contributed by atoms with van der Waals surface area (Å²) in [6.07, 6.45) is -2.62. The van der Waals surface area contributed by atoms with E-state index in [2.05, 4.69) is 9.97 Å². The Kier molecular flexibility index (Phi) is 4.56. The molecule has 3 aromatic rings. The lowest BCUT2D eigenvalue weighted by Crippen LogP contribution is -2.36. The maximum atomic E-state index is 12.8. The Balaban J connectivity index is 1.59. The topological polar surface area (TPSA) is 61.9 Å². The van der Waals surface area contributed by atoms with Gasteiger partial charge in [0.25, 0.3) is 5.56 Å².